The lowest BCUT2D eigenvalue weighted by atomic mass is 10.1. The standard InChI is InChI=1S/C18H37N3O2/c1-5-6-7-8-9-13-16-21(17(22)23-18(2,3)4)19-20-14-11-10-12-15-20/h19H,5-16H2,1-4H3. The van der Waals surface area contributed by atoms with Crippen molar-refractivity contribution < 1.29 is 9.53 Å². The van der Waals surface area contributed by atoms with Crippen LogP contribution in [0.5, 0.6) is 0 Å². The summed E-state index contributed by atoms with van der Waals surface area (Å²) in [6, 6.07) is 0. The Kier molecular flexibility index (Phi) is 9.56. The zero-order valence-electron chi connectivity index (χ0n) is 15.7. The molecule has 0 aromatic rings. The van der Waals surface area contributed by atoms with E-state index < -0.39 is 5.60 Å². The van der Waals surface area contributed by atoms with Crippen molar-refractivity contribution in [3.63, 3.8) is 0 Å². The highest BCUT2D eigenvalue weighted by atomic mass is 16.6. The van der Waals surface area contributed by atoms with Gasteiger partial charge in [-0.05, 0) is 40.0 Å². The lowest BCUT2D eigenvalue weighted by Gasteiger charge is -2.34. The average Bonchev–Trinajstić information content (AvgIpc) is 2.49. The summed E-state index contributed by atoms with van der Waals surface area (Å²) in [5.74, 6) is 0. The molecule has 1 rings (SSSR count). The van der Waals surface area contributed by atoms with Crippen LogP contribution in [0.1, 0.15) is 85.5 Å². The number of carbonyl (C=O) groups excluding carboxylic acids is 1. The SMILES string of the molecule is CCCCCCCCN(NN1CCCCC1)C(=O)OC(C)(C)C. The molecule has 1 aliphatic rings. The van der Waals surface area contributed by atoms with E-state index >= 15 is 0 Å². The number of hydrogen-bond donors (Lipinski definition) is 1. The quantitative estimate of drug-likeness (QED) is 0.500. The molecule has 1 heterocycles. The number of rotatable bonds is 9. The summed E-state index contributed by atoms with van der Waals surface area (Å²) >= 11 is 0. The fourth-order valence-electron chi connectivity index (χ4n) is 2.71. The van der Waals surface area contributed by atoms with Crippen LogP contribution < -0.4 is 5.53 Å². The zero-order chi connectivity index (χ0) is 17.1. The van der Waals surface area contributed by atoms with Crippen molar-refractivity contribution in [1.82, 2.24) is 15.6 Å². The highest BCUT2D eigenvalue weighted by molar-refractivity contribution is 5.67. The highest BCUT2D eigenvalue weighted by Crippen LogP contribution is 2.12. The molecule has 0 spiro atoms. The Labute approximate surface area is 142 Å². The van der Waals surface area contributed by atoms with Gasteiger partial charge in [-0.1, -0.05) is 45.4 Å². The molecule has 5 heteroatoms. The van der Waals surface area contributed by atoms with Crippen LogP contribution in [0, 0.1) is 0 Å². The molecule has 1 saturated heterocycles. The molecule has 0 radical (unpaired) electrons. The molecule has 23 heavy (non-hydrogen) atoms. The first-order chi connectivity index (χ1) is 10.9. The minimum Gasteiger partial charge on any atom is -0.443 e. The maximum atomic E-state index is 12.4. The van der Waals surface area contributed by atoms with Gasteiger partial charge in [0.05, 0.1) is 0 Å². The molecule has 1 aliphatic heterocycles. The molecule has 0 unspecified atom stereocenters. The molecule has 0 aromatic carbocycles. The van der Waals surface area contributed by atoms with Crippen LogP contribution in [0.4, 0.5) is 4.79 Å². The molecule has 0 bridgehead atoms. The Morgan fingerprint density at radius 1 is 1.04 bits per heavy atom. The van der Waals surface area contributed by atoms with Crippen LogP contribution in [-0.2, 0) is 4.74 Å². The van der Waals surface area contributed by atoms with Crippen LogP contribution in [0.25, 0.3) is 0 Å². The molecular formula is C18H37N3O2. The van der Waals surface area contributed by atoms with Crippen LogP contribution in [-0.4, -0.2) is 41.3 Å². The van der Waals surface area contributed by atoms with Gasteiger partial charge in [-0.3, -0.25) is 0 Å². The third kappa shape index (κ3) is 9.82. The molecular weight excluding hydrogens is 290 g/mol. The van der Waals surface area contributed by atoms with Gasteiger partial charge in [0.15, 0.2) is 0 Å². The number of nitrogens with one attached hydrogen (secondary N) is 1. The van der Waals surface area contributed by atoms with E-state index in [1.807, 2.05) is 20.8 Å². The van der Waals surface area contributed by atoms with Crippen molar-refractivity contribution in [2.24, 2.45) is 0 Å². The van der Waals surface area contributed by atoms with Crippen LogP contribution in [0.2, 0.25) is 0 Å². The van der Waals surface area contributed by atoms with Gasteiger partial charge in [0.2, 0.25) is 0 Å². The predicted octanol–water partition coefficient (Wildman–Crippen LogP) is 4.49. The lowest BCUT2D eigenvalue weighted by Crippen LogP contribution is -2.55. The summed E-state index contributed by atoms with van der Waals surface area (Å²) in [6.45, 7) is 10.7. The molecule has 136 valence electrons. The molecule has 0 aromatic heterocycles. The number of ether oxygens (including phenoxy) is 1. The fraction of sp³-hybridized carbons (Fsp3) is 0.944. The topological polar surface area (TPSA) is 44.8 Å². The van der Waals surface area contributed by atoms with Crippen molar-refractivity contribution in [3.8, 4) is 0 Å². The molecule has 0 saturated carbocycles. The van der Waals surface area contributed by atoms with Gasteiger partial charge in [-0.2, -0.15) is 5.53 Å². The summed E-state index contributed by atoms with van der Waals surface area (Å²) in [5, 5.41) is 3.81. The monoisotopic (exact) mass is 327 g/mol. The number of carbonyl (C=O) groups is 1. The number of hydrogen-bond acceptors (Lipinski definition) is 4. The Morgan fingerprint density at radius 3 is 2.26 bits per heavy atom. The minimum atomic E-state index is -0.458. The van der Waals surface area contributed by atoms with E-state index in [0.717, 1.165) is 19.5 Å². The Hall–Kier alpha value is -0.810. The third-order valence-electron chi connectivity index (χ3n) is 3.97. The van der Waals surface area contributed by atoms with Crippen LogP contribution in [0.3, 0.4) is 0 Å². The molecule has 5 nitrogen and oxygen atoms in total. The first-order valence-corrected chi connectivity index (χ1v) is 9.44. The van der Waals surface area contributed by atoms with Crippen molar-refractivity contribution in [2.75, 3.05) is 19.6 Å². The largest absolute Gasteiger partial charge is 0.443 e. The zero-order valence-corrected chi connectivity index (χ0v) is 15.7. The summed E-state index contributed by atoms with van der Waals surface area (Å²) in [5.41, 5.74) is 2.81. The van der Waals surface area contributed by atoms with E-state index in [4.69, 9.17) is 4.74 Å². The van der Waals surface area contributed by atoms with Crippen LogP contribution in [0.15, 0.2) is 0 Å². The maximum absolute atomic E-state index is 12.4. The van der Waals surface area contributed by atoms with E-state index in [-0.39, 0.29) is 6.09 Å². The number of piperidine rings is 1. The Balaban J connectivity index is 2.41. The van der Waals surface area contributed by atoms with E-state index in [9.17, 15) is 4.79 Å². The van der Waals surface area contributed by atoms with Gasteiger partial charge in [-0.15, -0.1) is 0 Å². The van der Waals surface area contributed by atoms with Gasteiger partial charge >= 0.3 is 6.09 Å². The van der Waals surface area contributed by atoms with E-state index in [2.05, 4.69) is 17.5 Å². The molecule has 1 amide bonds. The minimum absolute atomic E-state index is 0.267. The number of hydrazine groups is 2. The molecule has 0 atom stereocenters. The van der Waals surface area contributed by atoms with Gasteiger partial charge in [0.25, 0.3) is 0 Å². The summed E-state index contributed by atoms with van der Waals surface area (Å²) in [7, 11) is 0. The van der Waals surface area contributed by atoms with Gasteiger partial charge < -0.3 is 4.74 Å². The maximum Gasteiger partial charge on any atom is 0.425 e. The smallest absolute Gasteiger partial charge is 0.425 e. The van der Waals surface area contributed by atoms with E-state index in [0.29, 0.717) is 6.54 Å². The van der Waals surface area contributed by atoms with Gasteiger partial charge in [0, 0.05) is 19.6 Å². The summed E-state index contributed by atoms with van der Waals surface area (Å²) in [6.07, 6.45) is 10.7. The normalized spacial score (nSPS) is 16.3. The Morgan fingerprint density at radius 2 is 1.65 bits per heavy atom. The van der Waals surface area contributed by atoms with Gasteiger partial charge in [0.1, 0.15) is 5.60 Å². The highest BCUT2D eigenvalue weighted by Gasteiger charge is 2.24. The molecule has 0 aliphatic carbocycles. The first-order valence-electron chi connectivity index (χ1n) is 9.44. The Bertz CT molecular complexity index is 323. The second-order valence-corrected chi connectivity index (χ2v) is 7.55. The first kappa shape index (κ1) is 20.2. The van der Waals surface area contributed by atoms with Crippen molar-refractivity contribution >= 4 is 6.09 Å². The van der Waals surface area contributed by atoms with Crippen molar-refractivity contribution in [3.05, 3.63) is 0 Å². The van der Waals surface area contributed by atoms with Crippen LogP contribution >= 0.6 is 0 Å². The third-order valence-corrected chi connectivity index (χ3v) is 3.97. The number of nitrogens with zero attached hydrogens (tertiary/aromatic N) is 2. The second kappa shape index (κ2) is 10.9. The van der Waals surface area contributed by atoms with Crippen molar-refractivity contribution in [1.29, 1.82) is 0 Å². The fourth-order valence-corrected chi connectivity index (χ4v) is 2.71. The van der Waals surface area contributed by atoms with Gasteiger partial charge in [-0.25, -0.2) is 14.8 Å². The second-order valence-electron chi connectivity index (χ2n) is 7.55. The van der Waals surface area contributed by atoms with E-state index in [1.165, 1.54) is 51.4 Å². The molecule has 1 fully saturated rings. The van der Waals surface area contributed by atoms with Crippen molar-refractivity contribution in [2.45, 2.75) is 91.1 Å². The number of unbranched alkanes of at least 4 members (excludes halogenated alkanes) is 5. The molecule has 1 N–H and O–H groups in total. The summed E-state index contributed by atoms with van der Waals surface area (Å²) < 4.78 is 5.53. The average molecular weight is 328 g/mol. The summed E-state index contributed by atoms with van der Waals surface area (Å²) in [4.78, 5) is 12.4. The van der Waals surface area contributed by atoms with E-state index in [1.54, 1.807) is 5.01 Å². The number of amides is 1. The predicted molar refractivity (Wildman–Crippen MR) is 94.9 cm³/mol. The lowest BCUT2D eigenvalue weighted by molar-refractivity contribution is -0.0273.